The third kappa shape index (κ3) is 6.15. The minimum Gasteiger partial charge on any atom is -0.103 e. The van der Waals surface area contributed by atoms with E-state index in [0.717, 1.165) is 12.3 Å². The Labute approximate surface area is 71.7 Å². The number of allylic oxidation sites excluding steroid dienone is 1. The van der Waals surface area contributed by atoms with Gasteiger partial charge in [-0.05, 0) is 30.6 Å². The molecule has 11 heavy (non-hydrogen) atoms. The summed E-state index contributed by atoms with van der Waals surface area (Å²) in [4.78, 5) is 0. The molecule has 0 bridgehead atoms. The Balaban J connectivity index is 3.69. The van der Waals surface area contributed by atoms with Gasteiger partial charge in [0.1, 0.15) is 0 Å². The maximum Gasteiger partial charge on any atom is -0.0348 e. The van der Waals surface area contributed by atoms with E-state index in [0.29, 0.717) is 5.41 Å². The Morgan fingerprint density at radius 3 is 2.27 bits per heavy atom. The zero-order valence-corrected chi connectivity index (χ0v) is 8.48. The van der Waals surface area contributed by atoms with Gasteiger partial charge >= 0.3 is 0 Å². The van der Waals surface area contributed by atoms with Crippen molar-refractivity contribution in [2.24, 2.45) is 11.3 Å². The summed E-state index contributed by atoms with van der Waals surface area (Å²) >= 11 is 0. The summed E-state index contributed by atoms with van der Waals surface area (Å²) in [6.45, 7) is 13.0. The molecule has 0 atom stereocenters. The SMILES string of the molecule is C=CCCC(C)(C)CC(C)C. The fraction of sp³-hybridized carbons (Fsp3) is 0.818. The summed E-state index contributed by atoms with van der Waals surface area (Å²) in [7, 11) is 0. The van der Waals surface area contributed by atoms with Crippen LogP contribution >= 0.6 is 0 Å². The van der Waals surface area contributed by atoms with Crippen LogP contribution < -0.4 is 0 Å². The highest BCUT2D eigenvalue weighted by atomic mass is 14.2. The molecule has 0 aromatic heterocycles. The minimum absolute atomic E-state index is 0.502. The van der Waals surface area contributed by atoms with Gasteiger partial charge in [-0.2, -0.15) is 0 Å². The molecular weight excluding hydrogens is 132 g/mol. The summed E-state index contributed by atoms with van der Waals surface area (Å²) in [5.41, 5.74) is 0.502. The molecule has 0 saturated heterocycles. The molecular formula is C11H22. The van der Waals surface area contributed by atoms with E-state index in [9.17, 15) is 0 Å². The van der Waals surface area contributed by atoms with Crippen LogP contribution in [-0.4, -0.2) is 0 Å². The molecule has 0 rings (SSSR count). The third-order valence-electron chi connectivity index (χ3n) is 1.99. The first-order chi connectivity index (χ1) is 4.98. The first-order valence-corrected chi connectivity index (χ1v) is 4.59. The zero-order valence-electron chi connectivity index (χ0n) is 8.48. The van der Waals surface area contributed by atoms with E-state index < -0.39 is 0 Å². The highest BCUT2D eigenvalue weighted by Gasteiger charge is 2.17. The van der Waals surface area contributed by atoms with Crippen molar-refractivity contribution >= 4 is 0 Å². The van der Waals surface area contributed by atoms with Crippen LogP contribution in [0.15, 0.2) is 12.7 Å². The number of rotatable bonds is 5. The van der Waals surface area contributed by atoms with Crippen molar-refractivity contribution < 1.29 is 0 Å². The second-order valence-electron chi connectivity index (χ2n) is 4.59. The van der Waals surface area contributed by atoms with E-state index in [2.05, 4.69) is 34.3 Å². The minimum atomic E-state index is 0.502. The van der Waals surface area contributed by atoms with Crippen molar-refractivity contribution in [1.82, 2.24) is 0 Å². The molecule has 0 N–H and O–H groups in total. The molecule has 0 aliphatic heterocycles. The number of hydrogen-bond acceptors (Lipinski definition) is 0. The molecule has 0 radical (unpaired) electrons. The maximum absolute atomic E-state index is 3.74. The van der Waals surface area contributed by atoms with E-state index >= 15 is 0 Å². The largest absolute Gasteiger partial charge is 0.103 e. The Morgan fingerprint density at radius 2 is 1.91 bits per heavy atom. The Hall–Kier alpha value is -0.260. The van der Waals surface area contributed by atoms with Gasteiger partial charge in [0.05, 0.1) is 0 Å². The molecule has 0 aromatic rings. The van der Waals surface area contributed by atoms with Crippen LogP contribution in [0.5, 0.6) is 0 Å². The Bertz CT molecular complexity index is 109. The molecule has 0 nitrogen and oxygen atoms in total. The summed E-state index contributed by atoms with van der Waals surface area (Å²) in [6, 6.07) is 0. The van der Waals surface area contributed by atoms with Gasteiger partial charge in [0.15, 0.2) is 0 Å². The van der Waals surface area contributed by atoms with Crippen molar-refractivity contribution in [3.05, 3.63) is 12.7 Å². The van der Waals surface area contributed by atoms with Crippen LogP contribution in [0.25, 0.3) is 0 Å². The molecule has 0 amide bonds. The summed E-state index contributed by atoms with van der Waals surface area (Å²) in [6.07, 6.45) is 5.76. The predicted molar refractivity (Wildman–Crippen MR) is 52.7 cm³/mol. The Morgan fingerprint density at radius 1 is 1.36 bits per heavy atom. The smallest absolute Gasteiger partial charge is 0.0348 e. The molecule has 0 heteroatoms. The Kier molecular flexibility index (Phi) is 4.48. The van der Waals surface area contributed by atoms with Gasteiger partial charge in [0.2, 0.25) is 0 Å². The standard InChI is InChI=1S/C11H22/c1-6-7-8-11(4,5)9-10(2)3/h6,10H,1,7-9H2,2-5H3. The fourth-order valence-corrected chi connectivity index (χ4v) is 1.70. The van der Waals surface area contributed by atoms with Gasteiger partial charge in [-0.3, -0.25) is 0 Å². The normalized spacial score (nSPS) is 12.1. The van der Waals surface area contributed by atoms with Gasteiger partial charge in [0, 0.05) is 0 Å². The van der Waals surface area contributed by atoms with Crippen molar-refractivity contribution in [3.8, 4) is 0 Å². The number of hydrogen-bond donors (Lipinski definition) is 0. The average molecular weight is 154 g/mol. The van der Waals surface area contributed by atoms with E-state index in [4.69, 9.17) is 0 Å². The topological polar surface area (TPSA) is 0 Å². The molecule has 0 heterocycles. The fourth-order valence-electron chi connectivity index (χ4n) is 1.70. The van der Waals surface area contributed by atoms with Crippen molar-refractivity contribution in [2.45, 2.75) is 47.0 Å². The molecule has 0 aromatic carbocycles. The molecule has 0 unspecified atom stereocenters. The second kappa shape index (κ2) is 4.58. The third-order valence-corrected chi connectivity index (χ3v) is 1.99. The van der Waals surface area contributed by atoms with Crippen LogP contribution in [0.1, 0.15) is 47.0 Å². The molecule has 66 valence electrons. The summed E-state index contributed by atoms with van der Waals surface area (Å²) in [5, 5.41) is 0. The van der Waals surface area contributed by atoms with E-state index in [1.165, 1.54) is 12.8 Å². The first-order valence-electron chi connectivity index (χ1n) is 4.59. The lowest BCUT2D eigenvalue weighted by Gasteiger charge is -2.25. The highest BCUT2D eigenvalue weighted by molar-refractivity contribution is 4.75. The monoisotopic (exact) mass is 154 g/mol. The van der Waals surface area contributed by atoms with Gasteiger partial charge in [0.25, 0.3) is 0 Å². The van der Waals surface area contributed by atoms with E-state index in [1.54, 1.807) is 0 Å². The van der Waals surface area contributed by atoms with Gasteiger partial charge in [-0.15, -0.1) is 6.58 Å². The zero-order chi connectivity index (χ0) is 8.91. The average Bonchev–Trinajstić information content (AvgIpc) is 1.81. The first kappa shape index (κ1) is 10.7. The molecule has 0 aliphatic carbocycles. The van der Waals surface area contributed by atoms with Crippen LogP contribution in [-0.2, 0) is 0 Å². The molecule has 0 fully saturated rings. The molecule has 0 aliphatic rings. The summed E-state index contributed by atoms with van der Waals surface area (Å²) < 4.78 is 0. The van der Waals surface area contributed by atoms with Crippen LogP contribution in [0.4, 0.5) is 0 Å². The van der Waals surface area contributed by atoms with Gasteiger partial charge in [-0.1, -0.05) is 33.8 Å². The van der Waals surface area contributed by atoms with Crippen LogP contribution in [0.3, 0.4) is 0 Å². The predicted octanol–water partition coefficient (Wildman–Crippen LogP) is 4.02. The van der Waals surface area contributed by atoms with Crippen LogP contribution in [0, 0.1) is 11.3 Å². The van der Waals surface area contributed by atoms with Crippen molar-refractivity contribution in [3.63, 3.8) is 0 Å². The highest BCUT2D eigenvalue weighted by Crippen LogP contribution is 2.30. The lowest BCUT2D eigenvalue weighted by molar-refractivity contribution is 0.268. The van der Waals surface area contributed by atoms with E-state index in [1.807, 2.05) is 6.08 Å². The van der Waals surface area contributed by atoms with Crippen LogP contribution in [0.2, 0.25) is 0 Å². The maximum atomic E-state index is 3.74. The van der Waals surface area contributed by atoms with Crippen molar-refractivity contribution in [2.75, 3.05) is 0 Å². The van der Waals surface area contributed by atoms with E-state index in [-0.39, 0.29) is 0 Å². The lowest BCUT2D eigenvalue weighted by Crippen LogP contribution is -2.13. The molecule has 0 spiro atoms. The quantitative estimate of drug-likeness (QED) is 0.524. The lowest BCUT2D eigenvalue weighted by atomic mass is 9.80. The summed E-state index contributed by atoms with van der Waals surface area (Å²) in [5.74, 6) is 0.815. The second-order valence-corrected chi connectivity index (χ2v) is 4.59. The molecule has 0 saturated carbocycles. The van der Waals surface area contributed by atoms with Gasteiger partial charge in [-0.25, -0.2) is 0 Å². The van der Waals surface area contributed by atoms with Crippen molar-refractivity contribution in [1.29, 1.82) is 0 Å². The van der Waals surface area contributed by atoms with Gasteiger partial charge < -0.3 is 0 Å².